The summed E-state index contributed by atoms with van der Waals surface area (Å²) < 4.78 is 0. The molecule has 1 aromatic rings. The minimum absolute atomic E-state index is 1.08. The Balaban J connectivity index is 2.25. The van der Waals surface area contributed by atoms with Crippen LogP contribution in [0.15, 0.2) is 55.0 Å². The summed E-state index contributed by atoms with van der Waals surface area (Å²) in [5.41, 5.74) is 0. The molecule has 2 nitrogen and oxygen atoms in total. The van der Waals surface area contributed by atoms with Gasteiger partial charge < -0.3 is 9.88 Å². The highest BCUT2D eigenvalue weighted by Gasteiger charge is 1.97. The SMILES string of the molecule is C1=CC=CN(c2ccc[nH]2)C=C1. The van der Waals surface area contributed by atoms with Crippen LogP contribution in [0.5, 0.6) is 0 Å². The van der Waals surface area contributed by atoms with Gasteiger partial charge in [0.2, 0.25) is 0 Å². The number of rotatable bonds is 1. The maximum absolute atomic E-state index is 3.13. The molecule has 1 N–H and O–H groups in total. The third-order valence-corrected chi connectivity index (χ3v) is 1.69. The van der Waals surface area contributed by atoms with Crippen molar-refractivity contribution < 1.29 is 0 Å². The van der Waals surface area contributed by atoms with E-state index < -0.39 is 0 Å². The molecule has 2 heterocycles. The number of hydrogen-bond donors (Lipinski definition) is 1. The minimum Gasteiger partial charge on any atom is -0.348 e. The van der Waals surface area contributed by atoms with Gasteiger partial charge in [-0.05, 0) is 24.3 Å². The maximum atomic E-state index is 3.13. The predicted molar refractivity (Wildman–Crippen MR) is 50.7 cm³/mol. The highest BCUT2D eigenvalue weighted by atomic mass is 15.2. The van der Waals surface area contributed by atoms with Crippen molar-refractivity contribution >= 4 is 5.82 Å². The molecule has 0 atom stereocenters. The molecular formula is C10H10N2. The van der Waals surface area contributed by atoms with Crippen LogP contribution in [0.3, 0.4) is 0 Å². The number of hydrogen-bond acceptors (Lipinski definition) is 1. The second-order valence-corrected chi connectivity index (χ2v) is 2.53. The van der Waals surface area contributed by atoms with Crippen LogP contribution in [-0.2, 0) is 0 Å². The maximum Gasteiger partial charge on any atom is 0.113 e. The molecule has 2 heteroatoms. The van der Waals surface area contributed by atoms with E-state index in [9.17, 15) is 0 Å². The number of allylic oxidation sites excluding steroid dienone is 4. The van der Waals surface area contributed by atoms with Crippen molar-refractivity contribution in [3.8, 4) is 0 Å². The summed E-state index contributed by atoms with van der Waals surface area (Å²) in [6.45, 7) is 0. The Hall–Kier alpha value is -1.70. The molecule has 2 rings (SSSR count). The lowest BCUT2D eigenvalue weighted by Crippen LogP contribution is -2.05. The Morgan fingerprint density at radius 1 is 1.00 bits per heavy atom. The quantitative estimate of drug-likeness (QED) is 0.665. The van der Waals surface area contributed by atoms with Crippen LogP contribution >= 0.6 is 0 Å². The van der Waals surface area contributed by atoms with Crippen LogP contribution in [0.4, 0.5) is 5.82 Å². The number of anilines is 1. The molecule has 0 unspecified atom stereocenters. The molecule has 0 aliphatic carbocycles. The van der Waals surface area contributed by atoms with Gasteiger partial charge in [-0.3, -0.25) is 0 Å². The van der Waals surface area contributed by atoms with Gasteiger partial charge in [0.15, 0.2) is 0 Å². The van der Waals surface area contributed by atoms with Crippen molar-refractivity contribution in [3.63, 3.8) is 0 Å². The third kappa shape index (κ3) is 1.32. The molecule has 0 amide bonds. The Morgan fingerprint density at radius 2 is 1.75 bits per heavy atom. The van der Waals surface area contributed by atoms with E-state index in [4.69, 9.17) is 0 Å². The van der Waals surface area contributed by atoms with Crippen molar-refractivity contribution in [3.05, 3.63) is 55.0 Å². The van der Waals surface area contributed by atoms with Gasteiger partial charge in [-0.15, -0.1) is 0 Å². The van der Waals surface area contributed by atoms with Gasteiger partial charge >= 0.3 is 0 Å². The van der Waals surface area contributed by atoms with Crippen molar-refractivity contribution in [1.29, 1.82) is 0 Å². The van der Waals surface area contributed by atoms with Crippen molar-refractivity contribution in [2.45, 2.75) is 0 Å². The van der Waals surface area contributed by atoms with Gasteiger partial charge in [-0.25, -0.2) is 0 Å². The lowest BCUT2D eigenvalue weighted by atomic mass is 10.5. The molecular weight excluding hydrogens is 148 g/mol. The van der Waals surface area contributed by atoms with Crippen LogP contribution < -0.4 is 4.90 Å². The van der Waals surface area contributed by atoms with Crippen molar-refractivity contribution in [2.75, 3.05) is 4.90 Å². The lowest BCUT2D eigenvalue weighted by molar-refractivity contribution is 1.21. The number of aromatic nitrogens is 1. The Bertz CT molecular complexity index is 302. The van der Waals surface area contributed by atoms with E-state index >= 15 is 0 Å². The summed E-state index contributed by atoms with van der Waals surface area (Å²) in [4.78, 5) is 5.16. The zero-order valence-corrected chi connectivity index (χ0v) is 6.64. The molecule has 0 fully saturated rings. The number of H-pyrrole nitrogens is 1. The summed E-state index contributed by atoms with van der Waals surface area (Å²) in [5, 5.41) is 0. The van der Waals surface area contributed by atoms with Crippen LogP contribution in [0.2, 0.25) is 0 Å². The summed E-state index contributed by atoms with van der Waals surface area (Å²) in [6.07, 6.45) is 13.9. The molecule has 0 saturated heterocycles. The largest absolute Gasteiger partial charge is 0.348 e. The fourth-order valence-electron chi connectivity index (χ4n) is 1.10. The van der Waals surface area contributed by atoms with E-state index in [1.165, 1.54) is 0 Å². The molecule has 0 aromatic carbocycles. The first-order chi connectivity index (χ1) is 5.97. The van der Waals surface area contributed by atoms with Gasteiger partial charge in [0.25, 0.3) is 0 Å². The molecule has 1 aromatic heterocycles. The monoisotopic (exact) mass is 158 g/mol. The van der Waals surface area contributed by atoms with Gasteiger partial charge in [-0.2, -0.15) is 0 Å². The minimum atomic E-state index is 1.08. The summed E-state index contributed by atoms with van der Waals surface area (Å²) in [7, 11) is 0. The lowest BCUT2D eigenvalue weighted by Gasteiger charge is -2.11. The first kappa shape index (κ1) is 6.98. The second-order valence-electron chi connectivity index (χ2n) is 2.53. The van der Waals surface area contributed by atoms with Crippen LogP contribution in [-0.4, -0.2) is 4.98 Å². The average Bonchev–Trinajstić information content (AvgIpc) is 2.48. The Labute approximate surface area is 71.5 Å². The third-order valence-electron chi connectivity index (χ3n) is 1.69. The first-order valence-electron chi connectivity index (χ1n) is 3.90. The standard InChI is InChI=1S/C10H10N2/c1-2-4-9-12(8-3-1)10-6-5-7-11-10/h1-9,11H. The van der Waals surface area contributed by atoms with E-state index in [-0.39, 0.29) is 0 Å². The topological polar surface area (TPSA) is 19.0 Å². The Morgan fingerprint density at radius 3 is 2.33 bits per heavy atom. The molecule has 0 bridgehead atoms. The van der Waals surface area contributed by atoms with E-state index in [1.54, 1.807) is 0 Å². The van der Waals surface area contributed by atoms with Gasteiger partial charge in [-0.1, -0.05) is 12.2 Å². The highest BCUT2D eigenvalue weighted by molar-refractivity contribution is 5.47. The van der Waals surface area contributed by atoms with E-state index in [0.717, 1.165) is 5.82 Å². The molecule has 60 valence electrons. The molecule has 1 aliphatic rings. The van der Waals surface area contributed by atoms with Gasteiger partial charge in [0.1, 0.15) is 5.82 Å². The van der Waals surface area contributed by atoms with E-state index in [2.05, 4.69) is 4.98 Å². The fraction of sp³-hybridized carbons (Fsp3) is 0. The van der Waals surface area contributed by atoms with Crippen LogP contribution in [0, 0.1) is 0 Å². The fourth-order valence-corrected chi connectivity index (χ4v) is 1.10. The Kier molecular flexibility index (Phi) is 1.82. The summed E-state index contributed by atoms with van der Waals surface area (Å²) in [5.74, 6) is 1.08. The normalized spacial score (nSPS) is 15.2. The van der Waals surface area contributed by atoms with Gasteiger partial charge in [0.05, 0.1) is 0 Å². The molecule has 0 saturated carbocycles. The van der Waals surface area contributed by atoms with E-state index in [0.29, 0.717) is 0 Å². The van der Waals surface area contributed by atoms with E-state index in [1.807, 2.05) is 59.9 Å². The van der Waals surface area contributed by atoms with Crippen LogP contribution in [0.1, 0.15) is 0 Å². The molecule has 0 spiro atoms. The van der Waals surface area contributed by atoms with Gasteiger partial charge in [0, 0.05) is 18.6 Å². The predicted octanol–water partition coefficient (Wildman–Crippen LogP) is 2.42. The van der Waals surface area contributed by atoms with Crippen LogP contribution in [0.25, 0.3) is 0 Å². The average molecular weight is 158 g/mol. The van der Waals surface area contributed by atoms with Crippen molar-refractivity contribution in [2.24, 2.45) is 0 Å². The summed E-state index contributed by atoms with van der Waals surface area (Å²) >= 11 is 0. The zero-order valence-electron chi connectivity index (χ0n) is 6.64. The number of nitrogens with one attached hydrogen (secondary N) is 1. The number of nitrogens with zero attached hydrogens (tertiary/aromatic N) is 1. The first-order valence-corrected chi connectivity index (χ1v) is 3.90. The zero-order chi connectivity index (χ0) is 8.23. The smallest absolute Gasteiger partial charge is 0.113 e. The highest BCUT2D eigenvalue weighted by Crippen LogP contribution is 2.12. The molecule has 1 aliphatic heterocycles. The van der Waals surface area contributed by atoms with Crippen molar-refractivity contribution in [1.82, 2.24) is 4.98 Å². The molecule has 0 radical (unpaired) electrons. The molecule has 12 heavy (non-hydrogen) atoms. The number of aromatic amines is 1. The summed E-state index contributed by atoms with van der Waals surface area (Å²) in [6, 6.07) is 4.01. The second kappa shape index (κ2) is 3.13.